The lowest BCUT2D eigenvalue weighted by Gasteiger charge is -2.26. The number of nitrogens with one attached hydrogen (secondary N) is 1. The van der Waals surface area contributed by atoms with E-state index in [0.29, 0.717) is 16.9 Å². The van der Waals surface area contributed by atoms with Crippen molar-refractivity contribution in [2.45, 2.75) is 50.6 Å². The molecule has 0 bridgehead atoms. The van der Waals surface area contributed by atoms with E-state index in [-0.39, 0.29) is 4.90 Å². The molecule has 0 spiro atoms. The van der Waals surface area contributed by atoms with Gasteiger partial charge in [0.05, 0.1) is 4.90 Å². The summed E-state index contributed by atoms with van der Waals surface area (Å²) in [5.74, 6) is 0.426. The lowest BCUT2D eigenvalue weighted by Crippen LogP contribution is -2.45. The third kappa shape index (κ3) is 3.24. The Hall–Kier alpha value is -0.430. The molecule has 0 heterocycles. The van der Waals surface area contributed by atoms with Crippen molar-refractivity contribution in [1.82, 2.24) is 4.72 Å². The number of halogens is 1. The van der Waals surface area contributed by atoms with Crippen molar-refractivity contribution < 1.29 is 8.42 Å². The Labute approximate surface area is 129 Å². The van der Waals surface area contributed by atoms with Gasteiger partial charge in [-0.2, -0.15) is 0 Å². The van der Waals surface area contributed by atoms with Gasteiger partial charge in [-0.15, -0.1) is 0 Å². The Morgan fingerprint density at radius 3 is 2.50 bits per heavy atom. The fourth-order valence-electron chi connectivity index (χ4n) is 2.41. The topological polar surface area (TPSA) is 72.2 Å². The standard InChI is InChI=1S/C14H21BrN2O2S/c1-9-6-10(8-16)7-12(13(9)15)20(18,19)17-14(2,3)11-4-5-11/h6-7,11,17H,4-5,8,16H2,1-3H3. The van der Waals surface area contributed by atoms with Crippen LogP contribution >= 0.6 is 15.9 Å². The van der Waals surface area contributed by atoms with E-state index in [1.54, 1.807) is 6.07 Å². The average Bonchev–Trinajstić information content (AvgIpc) is 3.15. The van der Waals surface area contributed by atoms with Crippen LogP contribution in [0.5, 0.6) is 0 Å². The number of rotatable bonds is 5. The van der Waals surface area contributed by atoms with Crippen LogP contribution in [0, 0.1) is 12.8 Å². The van der Waals surface area contributed by atoms with Gasteiger partial charge in [0.2, 0.25) is 10.0 Å². The minimum Gasteiger partial charge on any atom is -0.326 e. The van der Waals surface area contributed by atoms with E-state index in [9.17, 15) is 8.42 Å². The largest absolute Gasteiger partial charge is 0.326 e. The number of hydrogen-bond acceptors (Lipinski definition) is 3. The highest BCUT2D eigenvalue weighted by atomic mass is 79.9. The molecule has 0 unspecified atom stereocenters. The quantitative estimate of drug-likeness (QED) is 0.847. The minimum absolute atomic E-state index is 0.270. The van der Waals surface area contributed by atoms with Gasteiger partial charge in [0, 0.05) is 16.6 Å². The van der Waals surface area contributed by atoms with Crippen LogP contribution in [-0.4, -0.2) is 14.0 Å². The third-order valence-corrected chi connectivity index (χ3v) is 6.81. The van der Waals surface area contributed by atoms with Crippen molar-refractivity contribution in [2.24, 2.45) is 11.7 Å². The first-order valence-electron chi connectivity index (χ1n) is 6.70. The van der Waals surface area contributed by atoms with Crippen LogP contribution in [0.2, 0.25) is 0 Å². The van der Waals surface area contributed by atoms with Crippen molar-refractivity contribution in [2.75, 3.05) is 0 Å². The third-order valence-electron chi connectivity index (χ3n) is 3.80. The molecule has 1 aromatic carbocycles. The lowest BCUT2D eigenvalue weighted by molar-refractivity contribution is 0.400. The summed E-state index contributed by atoms with van der Waals surface area (Å²) in [5.41, 5.74) is 6.91. The monoisotopic (exact) mass is 360 g/mol. The summed E-state index contributed by atoms with van der Waals surface area (Å²) >= 11 is 3.38. The smallest absolute Gasteiger partial charge is 0.242 e. The Balaban J connectivity index is 2.41. The highest BCUT2D eigenvalue weighted by molar-refractivity contribution is 9.10. The first-order chi connectivity index (χ1) is 9.17. The minimum atomic E-state index is -3.56. The van der Waals surface area contributed by atoms with Gasteiger partial charge in [-0.3, -0.25) is 0 Å². The first kappa shape index (κ1) is 15.9. The number of sulfonamides is 1. The molecule has 0 aromatic heterocycles. The molecule has 4 nitrogen and oxygen atoms in total. The van der Waals surface area contributed by atoms with Gasteiger partial charge >= 0.3 is 0 Å². The maximum Gasteiger partial charge on any atom is 0.242 e. The SMILES string of the molecule is Cc1cc(CN)cc(S(=O)(=O)NC(C)(C)C2CC2)c1Br. The zero-order chi connectivity index (χ0) is 15.1. The molecular formula is C14H21BrN2O2S. The summed E-state index contributed by atoms with van der Waals surface area (Å²) in [7, 11) is -3.56. The number of hydrogen-bond donors (Lipinski definition) is 2. The molecule has 1 aliphatic carbocycles. The van der Waals surface area contributed by atoms with E-state index in [1.807, 2.05) is 26.8 Å². The zero-order valence-corrected chi connectivity index (χ0v) is 14.4. The molecule has 1 fully saturated rings. The normalized spacial score (nSPS) is 16.4. The van der Waals surface area contributed by atoms with Crippen LogP contribution in [-0.2, 0) is 16.6 Å². The molecule has 1 aromatic rings. The van der Waals surface area contributed by atoms with Crippen molar-refractivity contribution in [3.05, 3.63) is 27.7 Å². The molecule has 0 amide bonds. The van der Waals surface area contributed by atoms with Crippen molar-refractivity contribution >= 4 is 26.0 Å². The summed E-state index contributed by atoms with van der Waals surface area (Å²) in [6.45, 7) is 6.07. The molecule has 2 rings (SSSR count). The van der Waals surface area contributed by atoms with Crippen molar-refractivity contribution in [3.63, 3.8) is 0 Å². The van der Waals surface area contributed by atoms with Crippen molar-refractivity contribution in [3.8, 4) is 0 Å². The van der Waals surface area contributed by atoms with Gasteiger partial charge in [-0.25, -0.2) is 13.1 Å². The molecule has 0 saturated heterocycles. The van der Waals surface area contributed by atoms with Crippen LogP contribution in [0.1, 0.15) is 37.8 Å². The Morgan fingerprint density at radius 1 is 1.40 bits per heavy atom. The van der Waals surface area contributed by atoms with Gasteiger partial charge in [-0.05, 0) is 72.7 Å². The maximum absolute atomic E-state index is 12.6. The summed E-state index contributed by atoms with van der Waals surface area (Å²) in [6.07, 6.45) is 2.16. The molecule has 6 heteroatoms. The lowest BCUT2D eigenvalue weighted by atomic mass is 10.0. The van der Waals surface area contributed by atoms with Crippen LogP contribution < -0.4 is 10.5 Å². The Bertz CT molecular complexity index is 622. The van der Waals surface area contributed by atoms with Crippen LogP contribution in [0.25, 0.3) is 0 Å². The highest BCUT2D eigenvalue weighted by Gasteiger charge is 2.41. The zero-order valence-electron chi connectivity index (χ0n) is 12.0. The van der Waals surface area contributed by atoms with Crippen LogP contribution in [0.3, 0.4) is 0 Å². The predicted molar refractivity (Wildman–Crippen MR) is 83.9 cm³/mol. The Morgan fingerprint density at radius 2 is 2.00 bits per heavy atom. The first-order valence-corrected chi connectivity index (χ1v) is 8.98. The van der Waals surface area contributed by atoms with Gasteiger partial charge in [-0.1, -0.05) is 6.07 Å². The fraction of sp³-hybridized carbons (Fsp3) is 0.571. The van der Waals surface area contributed by atoms with Gasteiger partial charge in [0.25, 0.3) is 0 Å². The van der Waals surface area contributed by atoms with E-state index < -0.39 is 15.6 Å². The summed E-state index contributed by atoms with van der Waals surface area (Å²) < 4.78 is 28.7. The molecule has 112 valence electrons. The molecule has 1 saturated carbocycles. The van der Waals surface area contributed by atoms with E-state index in [0.717, 1.165) is 24.0 Å². The summed E-state index contributed by atoms with van der Waals surface area (Å²) in [4.78, 5) is 0.270. The molecule has 0 radical (unpaired) electrons. The number of aryl methyl sites for hydroxylation is 1. The van der Waals surface area contributed by atoms with E-state index in [4.69, 9.17) is 5.73 Å². The predicted octanol–water partition coefficient (Wildman–Crippen LogP) is 2.68. The van der Waals surface area contributed by atoms with Crippen LogP contribution in [0.4, 0.5) is 0 Å². The van der Waals surface area contributed by atoms with Gasteiger partial charge < -0.3 is 5.73 Å². The second-order valence-corrected chi connectivity index (χ2v) is 8.47. The molecule has 3 N–H and O–H groups in total. The van der Waals surface area contributed by atoms with Crippen LogP contribution in [0.15, 0.2) is 21.5 Å². The second kappa shape index (κ2) is 5.40. The number of nitrogens with two attached hydrogens (primary N) is 1. The summed E-state index contributed by atoms with van der Waals surface area (Å²) in [5, 5.41) is 0. The summed E-state index contributed by atoms with van der Waals surface area (Å²) in [6, 6.07) is 3.54. The fourth-order valence-corrected chi connectivity index (χ4v) is 4.95. The molecule has 20 heavy (non-hydrogen) atoms. The molecule has 0 aliphatic heterocycles. The highest BCUT2D eigenvalue weighted by Crippen LogP contribution is 2.40. The van der Waals surface area contributed by atoms with Crippen molar-refractivity contribution in [1.29, 1.82) is 0 Å². The molecule has 0 atom stereocenters. The maximum atomic E-state index is 12.6. The van der Waals surface area contributed by atoms with Gasteiger partial charge in [0.15, 0.2) is 0 Å². The van der Waals surface area contributed by atoms with E-state index >= 15 is 0 Å². The second-order valence-electron chi connectivity index (χ2n) is 6.03. The molecular weight excluding hydrogens is 340 g/mol. The molecule has 1 aliphatic rings. The Kier molecular flexibility index (Phi) is 4.31. The van der Waals surface area contributed by atoms with E-state index in [2.05, 4.69) is 20.7 Å². The van der Waals surface area contributed by atoms with E-state index in [1.165, 1.54) is 0 Å². The number of benzene rings is 1. The average molecular weight is 361 g/mol. The van der Waals surface area contributed by atoms with Gasteiger partial charge in [0.1, 0.15) is 0 Å².